The van der Waals surface area contributed by atoms with E-state index in [1.165, 1.54) is 23.9 Å². The normalized spacial score (nSPS) is 19.0. The third kappa shape index (κ3) is 5.56. The topological polar surface area (TPSA) is 83.4 Å². The van der Waals surface area contributed by atoms with Gasteiger partial charge in [0.15, 0.2) is 5.17 Å². The summed E-state index contributed by atoms with van der Waals surface area (Å²) in [5, 5.41) is 9.17. The summed E-state index contributed by atoms with van der Waals surface area (Å²) in [5.41, 5.74) is 4.35. The van der Waals surface area contributed by atoms with Gasteiger partial charge in [0.25, 0.3) is 5.91 Å². The van der Waals surface area contributed by atoms with Crippen molar-refractivity contribution in [3.8, 4) is 5.75 Å². The molecule has 0 unspecified atom stereocenters. The second-order valence-electron chi connectivity index (χ2n) is 8.85. The van der Waals surface area contributed by atoms with Gasteiger partial charge in [-0.15, -0.1) is 0 Å². The summed E-state index contributed by atoms with van der Waals surface area (Å²) in [6.45, 7) is 2.02. The van der Waals surface area contributed by atoms with Crippen molar-refractivity contribution in [3.05, 3.63) is 95.3 Å². The van der Waals surface area contributed by atoms with Gasteiger partial charge in [0.2, 0.25) is 5.91 Å². The SMILES string of the molecule is COc1cccc(NC(=O)C[C@@H]2SC(N3N=C(c4ccc(F)cc4)C[C@H]3c3ccc(C)cc3)=NC2=O)c1. The van der Waals surface area contributed by atoms with E-state index in [2.05, 4.69) is 10.3 Å². The fourth-order valence-corrected chi connectivity index (χ4v) is 5.30. The number of amidine groups is 1. The van der Waals surface area contributed by atoms with Gasteiger partial charge in [-0.2, -0.15) is 10.1 Å². The summed E-state index contributed by atoms with van der Waals surface area (Å²) in [7, 11) is 1.56. The second-order valence-corrected chi connectivity index (χ2v) is 10.0. The number of hydrogen-bond acceptors (Lipinski definition) is 6. The zero-order valence-electron chi connectivity index (χ0n) is 20.3. The Labute approximate surface area is 218 Å². The highest BCUT2D eigenvalue weighted by Crippen LogP contribution is 2.38. The molecule has 2 aliphatic heterocycles. The quantitative estimate of drug-likeness (QED) is 0.480. The lowest BCUT2D eigenvalue weighted by molar-refractivity contribution is -0.121. The van der Waals surface area contributed by atoms with Gasteiger partial charge in [-0.3, -0.25) is 9.59 Å². The average molecular weight is 517 g/mol. The molecule has 3 aromatic rings. The van der Waals surface area contributed by atoms with Crippen LogP contribution in [-0.4, -0.2) is 40.1 Å². The summed E-state index contributed by atoms with van der Waals surface area (Å²) in [6.07, 6.45) is 0.550. The first-order valence-electron chi connectivity index (χ1n) is 11.8. The van der Waals surface area contributed by atoms with Gasteiger partial charge in [0.05, 0.1) is 18.9 Å². The van der Waals surface area contributed by atoms with Gasteiger partial charge in [-0.1, -0.05) is 59.8 Å². The van der Waals surface area contributed by atoms with Crippen molar-refractivity contribution in [1.82, 2.24) is 5.01 Å². The maximum Gasteiger partial charge on any atom is 0.262 e. The first kappa shape index (κ1) is 24.7. The number of carbonyl (C=O) groups is 2. The van der Waals surface area contributed by atoms with Gasteiger partial charge in [-0.05, 0) is 42.3 Å². The van der Waals surface area contributed by atoms with Crippen LogP contribution in [0.4, 0.5) is 10.1 Å². The number of hydrogen-bond donors (Lipinski definition) is 1. The summed E-state index contributed by atoms with van der Waals surface area (Å²) in [5.74, 6) is -0.345. The largest absolute Gasteiger partial charge is 0.497 e. The number of amides is 2. The Balaban J connectivity index is 1.34. The summed E-state index contributed by atoms with van der Waals surface area (Å²) >= 11 is 1.24. The first-order valence-corrected chi connectivity index (χ1v) is 12.7. The minimum Gasteiger partial charge on any atom is -0.497 e. The number of thioether (sulfide) groups is 1. The lowest BCUT2D eigenvalue weighted by Gasteiger charge is -2.23. The van der Waals surface area contributed by atoms with Crippen LogP contribution in [0.2, 0.25) is 0 Å². The van der Waals surface area contributed by atoms with Crippen LogP contribution in [0.1, 0.15) is 35.6 Å². The van der Waals surface area contributed by atoms with Crippen molar-refractivity contribution in [1.29, 1.82) is 0 Å². The van der Waals surface area contributed by atoms with Gasteiger partial charge in [0.1, 0.15) is 16.8 Å². The molecule has 0 aromatic heterocycles. The number of methoxy groups -OCH3 is 1. The number of ether oxygens (including phenoxy) is 1. The predicted octanol–water partition coefficient (Wildman–Crippen LogP) is 5.32. The predicted molar refractivity (Wildman–Crippen MR) is 143 cm³/mol. The van der Waals surface area contributed by atoms with E-state index < -0.39 is 5.25 Å². The summed E-state index contributed by atoms with van der Waals surface area (Å²) in [4.78, 5) is 29.7. The molecule has 2 amide bonds. The van der Waals surface area contributed by atoms with E-state index in [9.17, 15) is 14.0 Å². The highest BCUT2D eigenvalue weighted by Gasteiger charge is 2.39. The molecule has 2 atom stereocenters. The number of nitrogens with one attached hydrogen (secondary N) is 1. The van der Waals surface area contributed by atoms with E-state index in [1.54, 1.807) is 48.5 Å². The van der Waals surface area contributed by atoms with Crippen LogP contribution in [0, 0.1) is 12.7 Å². The molecular formula is C28H25FN4O3S. The Kier molecular flexibility index (Phi) is 7.05. The first-order chi connectivity index (χ1) is 17.9. The number of benzene rings is 3. The monoisotopic (exact) mass is 516 g/mol. The van der Waals surface area contributed by atoms with E-state index in [0.717, 1.165) is 22.4 Å². The zero-order chi connectivity index (χ0) is 25.9. The van der Waals surface area contributed by atoms with E-state index in [-0.39, 0.29) is 30.1 Å². The van der Waals surface area contributed by atoms with Crippen LogP contribution < -0.4 is 10.1 Å². The summed E-state index contributed by atoms with van der Waals surface area (Å²) < 4.78 is 18.7. The number of aryl methyl sites for hydroxylation is 1. The molecule has 5 rings (SSSR count). The number of anilines is 1. The lowest BCUT2D eigenvalue weighted by atomic mass is 9.98. The molecule has 0 aliphatic carbocycles. The third-order valence-corrected chi connectivity index (χ3v) is 7.34. The molecule has 37 heavy (non-hydrogen) atoms. The average Bonchev–Trinajstić information content (AvgIpc) is 3.49. The second kappa shape index (κ2) is 10.6. The van der Waals surface area contributed by atoms with Crippen LogP contribution in [0.5, 0.6) is 5.75 Å². The van der Waals surface area contributed by atoms with Gasteiger partial charge in [0, 0.05) is 24.6 Å². The molecule has 3 aromatic carbocycles. The van der Waals surface area contributed by atoms with Crippen LogP contribution >= 0.6 is 11.8 Å². The fraction of sp³-hybridized carbons (Fsp3) is 0.214. The van der Waals surface area contributed by atoms with Crippen LogP contribution in [0.15, 0.2) is 82.9 Å². The molecule has 0 spiro atoms. The number of rotatable bonds is 6. The van der Waals surface area contributed by atoms with Crippen molar-refractivity contribution in [3.63, 3.8) is 0 Å². The van der Waals surface area contributed by atoms with Crippen molar-refractivity contribution >= 4 is 40.1 Å². The Morgan fingerprint density at radius 3 is 2.62 bits per heavy atom. The lowest BCUT2D eigenvalue weighted by Crippen LogP contribution is -2.25. The standard InChI is InChI=1S/C28H25FN4O3S/c1-17-6-8-19(9-7-17)24-15-23(18-10-12-20(29)13-11-18)32-33(24)28-31-27(35)25(37-28)16-26(34)30-21-4-3-5-22(14-21)36-2/h3-14,24-25H,15-16H2,1-2H3,(H,30,34)/t24-,25-/m0/s1. The Hall–Kier alpha value is -3.98. The molecule has 1 N–H and O–H groups in total. The van der Waals surface area contributed by atoms with Crippen molar-refractivity contribution in [2.75, 3.05) is 12.4 Å². The van der Waals surface area contributed by atoms with Gasteiger partial charge in [-0.25, -0.2) is 9.40 Å². The molecule has 9 heteroatoms. The maximum atomic E-state index is 13.5. The fourth-order valence-electron chi connectivity index (χ4n) is 4.24. The maximum absolute atomic E-state index is 13.5. The van der Waals surface area contributed by atoms with Crippen molar-refractivity contribution in [2.45, 2.75) is 31.1 Å². The zero-order valence-corrected chi connectivity index (χ0v) is 21.2. The van der Waals surface area contributed by atoms with Gasteiger partial charge >= 0.3 is 0 Å². The highest BCUT2D eigenvalue weighted by atomic mass is 32.2. The molecule has 188 valence electrons. The highest BCUT2D eigenvalue weighted by molar-refractivity contribution is 8.15. The van der Waals surface area contributed by atoms with Crippen molar-refractivity contribution in [2.24, 2.45) is 10.1 Å². The molecular weight excluding hydrogens is 491 g/mol. The molecule has 0 saturated carbocycles. The van der Waals surface area contributed by atoms with Crippen LogP contribution in [-0.2, 0) is 9.59 Å². The molecule has 0 saturated heterocycles. The Morgan fingerprint density at radius 1 is 1.14 bits per heavy atom. The molecule has 0 fully saturated rings. The summed E-state index contributed by atoms with van der Waals surface area (Å²) in [6, 6.07) is 21.2. The molecule has 0 bridgehead atoms. The minimum absolute atomic E-state index is 0.0225. The minimum atomic E-state index is -0.649. The molecule has 2 aliphatic rings. The van der Waals surface area contributed by atoms with Gasteiger partial charge < -0.3 is 10.1 Å². The molecule has 2 heterocycles. The van der Waals surface area contributed by atoms with Crippen LogP contribution in [0.3, 0.4) is 0 Å². The number of nitrogens with zero attached hydrogens (tertiary/aromatic N) is 3. The number of halogens is 1. The Morgan fingerprint density at radius 2 is 1.89 bits per heavy atom. The van der Waals surface area contributed by atoms with E-state index in [1.807, 2.05) is 31.2 Å². The number of hydrazone groups is 1. The smallest absolute Gasteiger partial charge is 0.262 e. The number of carbonyl (C=O) groups excluding carboxylic acids is 2. The van der Waals surface area contributed by atoms with E-state index in [4.69, 9.17) is 9.84 Å². The number of aliphatic imine (C=N–C) groups is 1. The Bertz CT molecular complexity index is 1390. The van der Waals surface area contributed by atoms with Crippen molar-refractivity contribution < 1.29 is 18.7 Å². The van der Waals surface area contributed by atoms with E-state index in [0.29, 0.717) is 23.0 Å². The molecule has 7 nitrogen and oxygen atoms in total. The molecule has 0 radical (unpaired) electrons. The van der Waals surface area contributed by atoms with Crippen LogP contribution in [0.25, 0.3) is 0 Å². The third-order valence-electron chi connectivity index (χ3n) is 6.20. The van der Waals surface area contributed by atoms with E-state index >= 15 is 0 Å².